The number of ketones is 1. The van der Waals surface area contributed by atoms with Gasteiger partial charge in [0.05, 0.1) is 0 Å². The van der Waals surface area contributed by atoms with Gasteiger partial charge >= 0.3 is 0 Å². The molecule has 0 atom stereocenters. The van der Waals surface area contributed by atoms with Gasteiger partial charge in [-0.2, -0.15) is 0 Å². The van der Waals surface area contributed by atoms with Crippen LogP contribution >= 0.6 is 0 Å². The monoisotopic (exact) mass is 214 g/mol. The van der Waals surface area contributed by atoms with Gasteiger partial charge in [-0.05, 0) is 30.5 Å². The molecular weight excluding hydrogens is 203 g/mol. The third kappa shape index (κ3) is 1.74. The Kier molecular flexibility index (Phi) is 2.82. The van der Waals surface area contributed by atoms with Crippen LogP contribution in [0.1, 0.15) is 17.3 Å². The van der Waals surface area contributed by atoms with Gasteiger partial charge in [0.15, 0.2) is 5.78 Å². The van der Waals surface area contributed by atoms with Gasteiger partial charge in [0, 0.05) is 10.9 Å². The van der Waals surface area contributed by atoms with Crippen LogP contribution in [0.5, 0.6) is 0 Å². The second-order valence-corrected chi connectivity index (χ2v) is 3.50. The number of carbonyl (C=O) groups excluding carboxylic acids is 1. The minimum atomic E-state index is -0.298. The summed E-state index contributed by atoms with van der Waals surface area (Å²) in [5, 5.41) is 1.14. The van der Waals surface area contributed by atoms with E-state index < -0.39 is 0 Å². The zero-order valence-electron chi connectivity index (χ0n) is 8.91. The van der Waals surface area contributed by atoms with Gasteiger partial charge in [-0.25, -0.2) is 4.39 Å². The number of carbonyl (C=O) groups is 1. The maximum Gasteiger partial charge on any atom is 0.186 e. The Morgan fingerprint density at radius 3 is 2.50 bits per heavy atom. The third-order valence-electron chi connectivity index (χ3n) is 2.45. The molecule has 0 heterocycles. The van der Waals surface area contributed by atoms with Crippen LogP contribution < -0.4 is 0 Å². The topological polar surface area (TPSA) is 17.1 Å². The molecule has 0 aliphatic carbocycles. The van der Waals surface area contributed by atoms with E-state index in [2.05, 4.69) is 0 Å². The molecule has 16 heavy (non-hydrogen) atoms. The number of halogens is 1. The van der Waals surface area contributed by atoms with Gasteiger partial charge < -0.3 is 0 Å². The lowest BCUT2D eigenvalue weighted by molar-refractivity contribution is 0.104. The lowest BCUT2D eigenvalue weighted by atomic mass is 10.0. The zero-order chi connectivity index (χ0) is 11.5. The summed E-state index contributed by atoms with van der Waals surface area (Å²) < 4.78 is 13.5. The second kappa shape index (κ2) is 4.27. The minimum Gasteiger partial charge on any atom is -0.289 e. The summed E-state index contributed by atoms with van der Waals surface area (Å²) in [5.41, 5.74) is 0.537. The molecule has 2 aromatic rings. The average molecular weight is 214 g/mol. The van der Waals surface area contributed by atoms with Crippen LogP contribution in [0.4, 0.5) is 4.39 Å². The molecule has 2 heteroatoms. The number of allylic oxidation sites excluding steroid dienone is 2. The quantitative estimate of drug-likeness (QED) is 0.549. The summed E-state index contributed by atoms with van der Waals surface area (Å²) in [6, 6.07) is 9.86. The Labute approximate surface area is 93.2 Å². The van der Waals surface area contributed by atoms with Crippen molar-refractivity contribution in [2.45, 2.75) is 6.92 Å². The van der Waals surface area contributed by atoms with E-state index in [0.29, 0.717) is 16.3 Å². The van der Waals surface area contributed by atoms with Crippen molar-refractivity contribution >= 4 is 16.6 Å². The maximum atomic E-state index is 13.5. The molecule has 0 aliphatic heterocycles. The first-order valence-electron chi connectivity index (χ1n) is 5.08. The lowest BCUT2D eigenvalue weighted by Gasteiger charge is -2.04. The summed E-state index contributed by atoms with van der Waals surface area (Å²) in [7, 11) is 0. The zero-order valence-corrected chi connectivity index (χ0v) is 8.91. The van der Waals surface area contributed by atoms with Crippen LogP contribution in [0, 0.1) is 5.82 Å². The number of rotatable bonds is 2. The Morgan fingerprint density at radius 2 is 1.81 bits per heavy atom. The normalized spacial score (nSPS) is 11.1. The molecule has 0 radical (unpaired) electrons. The molecule has 0 bridgehead atoms. The van der Waals surface area contributed by atoms with E-state index in [1.165, 1.54) is 18.2 Å². The van der Waals surface area contributed by atoms with Crippen molar-refractivity contribution in [2.24, 2.45) is 0 Å². The Hall–Kier alpha value is -1.96. The van der Waals surface area contributed by atoms with Crippen molar-refractivity contribution in [3.8, 4) is 0 Å². The number of hydrogen-bond donors (Lipinski definition) is 0. The molecule has 0 fully saturated rings. The second-order valence-electron chi connectivity index (χ2n) is 3.50. The molecule has 0 amide bonds. The first-order valence-corrected chi connectivity index (χ1v) is 5.08. The summed E-state index contributed by atoms with van der Waals surface area (Å²) in [4.78, 5) is 11.8. The van der Waals surface area contributed by atoms with E-state index >= 15 is 0 Å². The largest absolute Gasteiger partial charge is 0.289 e. The number of fused-ring (bicyclic) bond motifs is 1. The van der Waals surface area contributed by atoms with Gasteiger partial charge in [-0.3, -0.25) is 4.79 Å². The highest BCUT2D eigenvalue weighted by Gasteiger charge is 2.09. The Balaban J connectivity index is 2.72. The minimum absolute atomic E-state index is 0.0984. The van der Waals surface area contributed by atoms with E-state index in [1.54, 1.807) is 37.3 Å². The van der Waals surface area contributed by atoms with Crippen LogP contribution in [0.2, 0.25) is 0 Å². The Morgan fingerprint density at radius 1 is 1.12 bits per heavy atom. The molecule has 0 aliphatic rings. The predicted octanol–water partition coefficient (Wildman–Crippen LogP) is 3.74. The van der Waals surface area contributed by atoms with Crippen molar-refractivity contribution in [2.75, 3.05) is 0 Å². The van der Waals surface area contributed by atoms with Gasteiger partial charge in [-0.1, -0.05) is 30.3 Å². The molecule has 2 aromatic carbocycles. The van der Waals surface area contributed by atoms with Crippen LogP contribution in [0.15, 0.2) is 48.6 Å². The fourth-order valence-corrected chi connectivity index (χ4v) is 1.72. The van der Waals surface area contributed by atoms with Crippen molar-refractivity contribution in [3.63, 3.8) is 0 Å². The van der Waals surface area contributed by atoms with E-state index in [1.807, 2.05) is 0 Å². The highest BCUT2D eigenvalue weighted by molar-refractivity contribution is 6.13. The Bertz CT molecular complexity index is 570. The summed E-state index contributed by atoms with van der Waals surface area (Å²) >= 11 is 0. The molecule has 1 nitrogen and oxygen atoms in total. The molecular formula is C14H11FO. The summed E-state index contributed by atoms with van der Waals surface area (Å²) in [6.07, 6.45) is 3.17. The van der Waals surface area contributed by atoms with Crippen LogP contribution in [0.3, 0.4) is 0 Å². The van der Waals surface area contributed by atoms with Gasteiger partial charge in [0.2, 0.25) is 0 Å². The predicted molar refractivity (Wildman–Crippen MR) is 63.1 cm³/mol. The molecule has 0 aromatic heterocycles. The highest BCUT2D eigenvalue weighted by Crippen LogP contribution is 2.22. The van der Waals surface area contributed by atoms with E-state index in [-0.39, 0.29) is 11.6 Å². The molecule has 2 rings (SSSR count). The standard InChI is InChI=1S/C14H11FO/c1-2-5-14(16)12-8-9-13(15)11-7-4-3-6-10(11)12/h2-9H,1H3/b5-2+. The molecule has 80 valence electrons. The van der Waals surface area contributed by atoms with Crippen LogP contribution in [-0.2, 0) is 0 Å². The fourth-order valence-electron chi connectivity index (χ4n) is 1.72. The number of benzene rings is 2. The van der Waals surface area contributed by atoms with E-state index in [9.17, 15) is 9.18 Å². The molecule has 0 saturated heterocycles. The van der Waals surface area contributed by atoms with Gasteiger partial charge in [0.1, 0.15) is 5.82 Å². The van der Waals surface area contributed by atoms with Crippen molar-refractivity contribution in [1.82, 2.24) is 0 Å². The lowest BCUT2D eigenvalue weighted by Crippen LogP contribution is -1.96. The van der Waals surface area contributed by atoms with Crippen LogP contribution in [0.25, 0.3) is 10.8 Å². The molecule has 0 spiro atoms. The van der Waals surface area contributed by atoms with E-state index in [0.717, 1.165) is 0 Å². The summed E-state index contributed by atoms with van der Waals surface area (Å²) in [5.74, 6) is -0.397. The van der Waals surface area contributed by atoms with Crippen molar-refractivity contribution in [1.29, 1.82) is 0 Å². The first-order chi connectivity index (χ1) is 7.74. The first kappa shape index (κ1) is 10.6. The van der Waals surface area contributed by atoms with Gasteiger partial charge in [0.25, 0.3) is 0 Å². The number of hydrogen-bond acceptors (Lipinski definition) is 1. The maximum absolute atomic E-state index is 13.5. The average Bonchev–Trinajstić information content (AvgIpc) is 2.30. The molecule has 0 unspecified atom stereocenters. The molecule has 0 saturated carbocycles. The highest BCUT2D eigenvalue weighted by atomic mass is 19.1. The third-order valence-corrected chi connectivity index (χ3v) is 2.45. The molecule has 0 N–H and O–H groups in total. The van der Waals surface area contributed by atoms with Crippen molar-refractivity contribution in [3.05, 3.63) is 59.9 Å². The van der Waals surface area contributed by atoms with Gasteiger partial charge in [-0.15, -0.1) is 0 Å². The van der Waals surface area contributed by atoms with Crippen LogP contribution in [-0.4, -0.2) is 5.78 Å². The SMILES string of the molecule is C/C=C/C(=O)c1ccc(F)c2ccccc12. The van der Waals surface area contributed by atoms with E-state index in [4.69, 9.17) is 0 Å². The van der Waals surface area contributed by atoms with Crippen molar-refractivity contribution < 1.29 is 9.18 Å². The summed E-state index contributed by atoms with van der Waals surface area (Å²) in [6.45, 7) is 1.78. The fraction of sp³-hybridized carbons (Fsp3) is 0.0714. The smallest absolute Gasteiger partial charge is 0.186 e.